The summed E-state index contributed by atoms with van der Waals surface area (Å²) >= 11 is 0. The first kappa shape index (κ1) is 22.0. The van der Waals surface area contributed by atoms with E-state index in [0.29, 0.717) is 5.69 Å². The molecule has 1 saturated carbocycles. The van der Waals surface area contributed by atoms with Gasteiger partial charge in [0.2, 0.25) is 5.91 Å². The summed E-state index contributed by atoms with van der Waals surface area (Å²) in [4.78, 5) is 41.2. The number of rotatable bonds is 5. The zero-order valence-corrected chi connectivity index (χ0v) is 19.1. The van der Waals surface area contributed by atoms with E-state index in [4.69, 9.17) is 4.74 Å². The standard InChI is InChI=1S/C24H30N4O4/c1-5-32-22(30)18-13-20-21(29)28(19-12-8-9-15(2)16(19)3)24(4,14-27(20)26-18)23(31)25-17-10-6-7-11-17/h8-9,12-13,17H,5-7,10-11,14H2,1-4H3,(H,25,31)/t24-/m1/s1. The van der Waals surface area contributed by atoms with E-state index in [1.807, 2.05) is 32.0 Å². The maximum atomic E-state index is 13.8. The van der Waals surface area contributed by atoms with Crippen LogP contribution in [0.1, 0.15) is 71.6 Å². The minimum atomic E-state index is -1.21. The van der Waals surface area contributed by atoms with Crippen molar-refractivity contribution in [3.05, 3.63) is 46.8 Å². The molecule has 170 valence electrons. The third-order valence-electron chi connectivity index (χ3n) is 6.63. The van der Waals surface area contributed by atoms with E-state index in [1.165, 1.54) is 10.7 Å². The van der Waals surface area contributed by atoms with Crippen LogP contribution in [0.15, 0.2) is 24.3 Å². The van der Waals surface area contributed by atoms with Crippen LogP contribution in [0.2, 0.25) is 0 Å². The summed E-state index contributed by atoms with van der Waals surface area (Å²) in [7, 11) is 0. The predicted molar refractivity (Wildman–Crippen MR) is 120 cm³/mol. The van der Waals surface area contributed by atoms with Crippen molar-refractivity contribution >= 4 is 23.5 Å². The van der Waals surface area contributed by atoms with E-state index in [0.717, 1.165) is 36.8 Å². The Balaban J connectivity index is 1.80. The zero-order valence-electron chi connectivity index (χ0n) is 19.1. The van der Waals surface area contributed by atoms with Gasteiger partial charge in [-0.3, -0.25) is 19.2 Å². The van der Waals surface area contributed by atoms with Gasteiger partial charge in [-0.25, -0.2) is 4.79 Å². The molecule has 0 bridgehead atoms. The number of anilines is 1. The third kappa shape index (κ3) is 3.67. The number of hydrogen-bond acceptors (Lipinski definition) is 5. The highest BCUT2D eigenvalue weighted by Gasteiger charge is 2.50. The van der Waals surface area contributed by atoms with E-state index in [1.54, 1.807) is 18.7 Å². The molecular formula is C24H30N4O4. The highest BCUT2D eigenvalue weighted by molar-refractivity contribution is 6.12. The van der Waals surface area contributed by atoms with Gasteiger partial charge < -0.3 is 10.1 Å². The lowest BCUT2D eigenvalue weighted by Gasteiger charge is -2.44. The monoisotopic (exact) mass is 438 g/mol. The smallest absolute Gasteiger partial charge is 0.358 e. The van der Waals surface area contributed by atoms with Gasteiger partial charge in [0, 0.05) is 17.8 Å². The minimum absolute atomic E-state index is 0.0663. The Hall–Kier alpha value is -3.16. The molecule has 32 heavy (non-hydrogen) atoms. The Morgan fingerprint density at radius 3 is 2.66 bits per heavy atom. The van der Waals surface area contributed by atoms with Crippen molar-refractivity contribution in [2.45, 2.75) is 71.5 Å². The summed E-state index contributed by atoms with van der Waals surface area (Å²) in [5.41, 5.74) is 1.77. The average molecular weight is 439 g/mol. The van der Waals surface area contributed by atoms with Gasteiger partial charge in [0.05, 0.1) is 13.2 Å². The number of esters is 1. The van der Waals surface area contributed by atoms with Crippen LogP contribution in [-0.4, -0.2) is 45.8 Å². The first-order valence-electron chi connectivity index (χ1n) is 11.2. The highest BCUT2D eigenvalue weighted by atomic mass is 16.5. The number of carbonyl (C=O) groups excluding carboxylic acids is 3. The molecule has 1 aromatic carbocycles. The predicted octanol–water partition coefficient (Wildman–Crippen LogP) is 3.15. The lowest BCUT2D eigenvalue weighted by atomic mass is 9.92. The van der Waals surface area contributed by atoms with Crippen LogP contribution in [0, 0.1) is 13.8 Å². The maximum Gasteiger partial charge on any atom is 0.358 e. The number of aryl methyl sites for hydroxylation is 1. The number of amides is 2. The molecule has 0 saturated heterocycles. The molecule has 1 aromatic heterocycles. The van der Waals surface area contributed by atoms with Gasteiger partial charge in [0.15, 0.2) is 5.69 Å². The van der Waals surface area contributed by atoms with Crippen molar-refractivity contribution in [2.75, 3.05) is 11.5 Å². The lowest BCUT2D eigenvalue weighted by Crippen LogP contribution is -2.65. The Labute approximate surface area is 187 Å². The van der Waals surface area contributed by atoms with Crippen LogP contribution in [0.25, 0.3) is 0 Å². The van der Waals surface area contributed by atoms with E-state index in [2.05, 4.69) is 10.4 Å². The molecule has 1 aliphatic heterocycles. The van der Waals surface area contributed by atoms with E-state index in [9.17, 15) is 14.4 Å². The van der Waals surface area contributed by atoms with Gasteiger partial charge in [-0.2, -0.15) is 5.10 Å². The summed E-state index contributed by atoms with van der Waals surface area (Å²) in [5.74, 6) is -1.16. The zero-order chi connectivity index (χ0) is 23.0. The number of ether oxygens (including phenoxy) is 1. The normalized spacial score (nSPS) is 20.9. The van der Waals surface area contributed by atoms with E-state index >= 15 is 0 Å². The largest absolute Gasteiger partial charge is 0.461 e. The van der Waals surface area contributed by atoms with Gasteiger partial charge in [-0.1, -0.05) is 25.0 Å². The van der Waals surface area contributed by atoms with Gasteiger partial charge >= 0.3 is 5.97 Å². The topological polar surface area (TPSA) is 93.5 Å². The first-order chi connectivity index (χ1) is 15.3. The van der Waals surface area contributed by atoms with E-state index < -0.39 is 11.5 Å². The van der Waals surface area contributed by atoms with Gasteiger partial charge in [0.25, 0.3) is 5.91 Å². The fraction of sp³-hybridized carbons (Fsp3) is 0.500. The molecule has 4 rings (SSSR count). The number of carbonyl (C=O) groups is 3. The highest BCUT2D eigenvalue weighted by Crippen LogP contribution is 2.36. The molecule has 8 heteroatoms. The van der Waals surface area contributed by atoms with Crippen LogP contribution in [-0.2, 0) is 16.1 Å². The summed E-state index contributed by atoms with van der Waals surface area (Å²) in [5, 5.41) is 7.47. The second-order valence-corrected chi connectivity index (χ2v) is 8.88. The Morgan fingerprint density at radius 1 is 1.25 bits per heavy atom. The summed E-state index contributed by atoms with van der Waals surface area (Å²) in [6, 6.07) is 7.29. The molecule has 2 aliphatic rings. The average Bonchev–Trinajstić information content (AvgIpc) is 3.41. The number of nitrogens with one attached hydrogen (secondary N) is 1. The Bertz CT molecular complexity index is 1070. The van der Waals surface area contributed by atoms with Crippen molar-refractivity contribution < 1.29 is 19.1 Å². The molecule has 0 radical (unpaired) electrons. The molecule has 1 fully saturated rings. The molecule has 2 heterocycles. The second kappa shape index (κ2) is 8.41. The Kier molecular flexibility index (Phi) is 5.79. The number of hydrogen-bond donors (Lipinski definition) is 1. The fourth-order valence-corrected chi connectivity index (χ4v) is 4.65. The molecule has 2 aromatic rings. The minimum Gasteiger partial charge on any atom is -0.461 e. The molecular weight excluding hydrogens is 408 g/mol. The second-order valence-electron chi connectivity index (χ2n) is 8.88. The van der Waals surface area contributed by atoms with Crippen LogP contribution in [0.5, 0.6) is 0 Å². The van der Waals surface area contributed by atoms with Gasteiger partial charge in [-0.15, -0.1) is 0 Å². The summed E-state index contributed by atoms with van der Waals surface area (Å²) in [6.45, 7) is 7.76. The van der Waals surface area contributed by atoms with Gasteiger partial charge in [-0.05, 0) is 57.7 Å². The van der Waals surface area contributed by atoms with Crippen LogP contribution >= 0.6 is 0 Å². The number of fused-ring (bicyclic) bond motifs is 1. The van der Waals surface area contributed by atoms with Crippen molar-refractivity contribution in [3.63, 3.8) is 0 Å². The molecule has 8 nitrogen and oxygen atoms in total. The SMILES string of the molecule is CCOC(=O)c1cc2n(n1)C[C@](C)(C(=O)NC1CCCC1)N(c1cccc(C)c1C)C2=O. The van der Waals surface area contributed by atoms with Crippen molar-refractivity contribution in [1.29, 1.82) is 0 Å². The van der Waals surface area contributed by atoms with Crippen molar-refractivity contribution in [1.82, 2.24) is 15.1 Å². The molecule has 1 aliphatic carbocycles. The molecule has 1 N–H and O–H groups in total. The van der Waals surface area contributed by atoms with Crippen molar-refractivity contribution in [2.24, 2.45) is 0 Å². The molecule has 0 spiro atoms. The Morgan fingerprint density at radius 2 is 1.97 bits per heavy atom. The number of benzene rings is 1. The van der Waals surface area contributed by atoms with Crippen LogP contribution in [0.3, 0.4) is 0 Å². The molecule has 1 atom stereocenters. The maximum absolute atomic E-state index is 13.8. The fourth-order valence-electron chi connectivity index (χ4n) is 4.65. The summed E-state index contributed by atoms with van der Waals surface area (Å²) < 4.78 is 6.52. The molecule has 2 amide bonds. The first-order valence-corrected chi connectivity index (χ1v) is 11.2. The van der Waals surface area contributed by atoms with Crippen molar-refractivity contribution in [3.8, 4) is 0 Å². The van der Waals surface area contributed by atoms with Crippen LogP contribution in [0.4, 0.5) is 5.69 Å². The lowest BCUT2D eigenvalue weighted by molar-refractivity contribution is -0.127. The van der Waals surface area contributed by atoms with Gasteiger partial charge in [0.1, 0.15) is 11.2 Å². The van der Waals surface area contributed by atoms with E-state index in [-0.39, 0.29) is 42.4 Å². The molecule has 0 unspecified atom stereocenters. The number of nitrogens with zero attached hydrogens (tertiary/aromatic N) is 3. The van der Waals surface area contributed by atoms with Crippen LogP contribution < -0.4 is 10.2 Å². The summed E-state index contributed by atoms with van der Waals surface area (Å²) in [6.07, 6.45) is 4.07. The number of aromatic nitrogens is 2. The quantitative estimate of drug-likeness (QED) is 0.724. The third-order valence-corrected chi connectivity index (χ3v) is 6.63.